The normalized spacial score (nSPS) is 17.3. The number of oxazole rings is 1. The first-order valence-electron chi connectivity index (χ1n) is 12.2. The van der Waals surface area contributed by atoms with Crippen molar-refractivity contribution in [3.8, 4) is 0 Å². The summed E-state index contributed by atoms with van der Waals surface area (Å²) >= 11 is 0. The molecule has 0 fully saturated rings. The highest BCUT2D eigenvalue weighted by Crippen LogP contribution is 2.34. The summed E-state index contributed by atoms with van der Waals surface area (Å²) in [5.41, 5.74) is 2.89. The van der Waals surface area contributed by atoms with Gasteiger partial charge in [-0.25, -0.2) is 14.3 Å². The lowest BCUT2D eigenvalue weighted by Gasteiger charge is -2.32. The van der Waals surface area contributed by atoms with Gasteiger partial charge in [-0.15, -0.1) is 0 Å². The molecular formula is C26H27N7O5. The van der Waals surface area contributed by atoms with Crippen molar-refractivity contribution in [3.63, 3.8) is 0 Å². The minimum atomic E-state index is -0.548. The number of rotatable bonds is 7. The van der Waals surface area contributed by atoms with E-state index in [1.807, 2.05) is 6.08 Å². The van der Waals surface area contributed by atoms with Gasteiger partial charge in [0.15, 0.2) is 11.2 Å². The van der Waals surface area contributed by atoms with Crippen LogP contribution in [0.25, 0.3) is 16.7 Å². The maximum atomic E-state index is 13.2. The van der Waals surface area contributed by atoms with Crippen LogP contribution in [0.2, 0.25) is 0 Å². The standard InChI is InChI=1S/C26H27N7O5/c1-26(8-5-16(6-9-26)22(34)27-2)14-29-24(36)19-12-18(31-21-7-10-30-33(19)21)23(35)28-13-15-3-4-20-17(11-15)32-25(37)38-20/h3-5,7,10-12H,6,8-9,13-14H2,1-2H3,(H,27,34)(H,28,35)(H,29,36)(H,32,37). The Kier molecular flexibility index (Phi) is 6.53. The van der Waals surface area contributed by atoms with E-state index in [9.17, 15) is 19.2 Å². The number of carbonyl (C=O) groups is 3. The Morgan fingerprint density at radius 1 is 1.13 bits per heavy atom. The highest BCUT2D eigenvalue weighted by atomic mass is 16.4. The second kappa shape index (κ2) is 9.96. The fraction of sp³-hybridized carbons (Fsp3) is 0.308. The van der Waals surface area contributed by atoms with Crippen molar-refractivity contribution < 1.29 is 18.8 Å². The number of H-pyrrole nitrogens is 1. The van der Waals surface area contributed by atoms with Gasteiger partial charge < -0.3 is 20.4 Å². The minimum Gasteiger partial charge on any atom is -0.408 e. The van der Waals surface area contributed by atoms with E-state index in [0.29, 0.717) is 36.1 Å². The van der Waals surface area contributed by atoms with Crippen molar-refractivity contribution in [1.29, 1.82) is 0 Å². The first-order chi connectivity index (χ1) is 18.2. The largest absolute Gasteiger partial charge is 0.417 e. The molecule has 12 heteroatoms. The lowest BCUT2D eigenvalue weighted by molar-refractivity contribution is -0.117. The molecule has 4 N–H and O–H groups in total. The van der Waals surface area contributed by atoms with Gasteiger partial charge in [-0.1, -0.05) is 19.1 Å². The van der Waals surface area contributed by atoms with Crippen molar-refractivity contribution in [3.05, 3.63) is 75.7 Å². The first kappa shape index (κ1) is 24.9. The minimum absolute atomic E-state index is 0.0722. The molecule has 4 aromatic rings. The predicted molar refractivity (Wildman–Crippen MR) is 137 cm³/mol. The Morgan fingerprint density at radius 3 is 2.74 bits per heavy atom. The highest BCUT2D eigenvalue weighted by Gasteiger charge is 2.29. The zero-order valence-corrected chi connectivity index (χ0v) is 21.0. The van der Waals surface area contributed by atoms with E-state index in [4.69, 9.17) is 4.42 Å². The van der Waals surface area contributed by atoms with Gasteiger partial charge in [0.1, 0.15) is 11.4 Å². The van der Waals surface area contributed by atoms with Crippen molar-refractivity contribution >= 4 is 34.5 Å². The number of benzene rings is 1. The van der Waals surface area contributed by atoms with Gasteiger partial charge in [0.25, 0.3) is 11.8 Å². The zero-order valence-electron chi connectivity index (χ0n) is 21.0. The van der Waals surface area contributed by atoms with E-state index in [-0.39, 0.29) is 35.2 Å². The van der Waals surface area contributed by atoms with E-state index in [0.717, 1.165) is 17.6 Å². The molecule has 0 saturated carbocycles. The molecule has 0 spiro atoms. The summed E-state index contributed by atoms with van der Waals surface area (Å²) in [6.07, 6.45) is 5.49. The Hall–Kier alpha value is -4.74. The third-order valence-corrected chi connectivity index (χ3v) is 6.79. The fourth-order valence-electron chi connectivity index (χ4n) is 4.49. The van der Waals surface area contributed by atoms with Crippen LogP contribution in [-0.4, -0.2) is 50.9 Å². The quantitative estimate of drug-likeness (QED) is 0.290. The zero-order chi connectivity index (χ0) is 26.9. The Balaban J connectivity index is 1.28. The number of nitrogens with one attached hydrogen (secondary N) is 4. The molecule has 1 aliphatic carbocycles. The maximum Gasteiger partial charge on any atom is 0.417 e. The summed E-state index contributed by atoms with van der Waals surface area (Å²) in [7, 11) is 1.61. The molecule has 1 aromatic carbocycles. The summed E-state index contributed by atoms with van der Waals surface area (Å²) < 4.78 is 6.39. The first-order valence-corrected chi connectivity index (χ1v) is 12.2. The van der Waals surface area contributed by atoms with E-state index < -0.39 is 11.7 Å². The number of fused-ring (bicyclic) bond motifs is 2. The Bertz CT molecular complexity index is 1650. The van der Waals surface area contributed by atoms with Crippen LogP contribution in [0.4, 0.5) is 0 Å². The van der Waals surface area contributed by atoms with Gasteiger partial charge in [-0.05, 0) is 42.4 Å². The van der Waals surface area contributed by atoms with Crippen molar-refractivity contribution in [1.82, 2.24) is 35.5 Å². The molecule has 38 heavy (non-hydrogen) atoms. The highest BCUT2D eigenvalue weighted by molar-refractivity contribution is 5.98. The van der Waals surface area contributed by atoms with Crippen LogP contribution in [0, 0.1) is 5.41 Å². The Labute approximate surface area is 216 Å². The van der Waals surface area contributed by atoms with Crippen LogP contribution < -0.4 is 21.7 Å². The molecule has 3 aromatic heterocycles. The lowest BCUT2D eigenvalue weighted by atomic mass is 9.76. The van der Waals surface area contributed by atoms with Crippen molar-refractivity contribution in [2.24, 2.45) is 5.41 Å². The van der Waals surface area contributed by atoms with Gasteiger partial charge in [-0.3, -0.25) is 19.4 Å². The molecule has 5 rings (SSSR count). The maximum absolute atomic E-state index is 13.2. The fourth-order valence-corrected chi connectivity index (χ4v) is 4.49. The van der Waals surface area contributed by atoms with Crippen LogP contribution >= 0.6 is 0 Å². The average Bonchev–Trinajstić information content (AvgIpc) is 3.55. The monoisotopic (exact) mass is 517 g/mol. The summed E-state index contributed by atoms with van der Waals surface area (Å²) in [6, 6.07) is 8.13. The molecule has 196 valence electrons. The van der Waals surface area contributed by atoms with E-state index in [1.54, 1.807) is 31.3 Å². The number of nitrogens with zero attached hydrogens (tertiary/aromatic N) is 3. The molecule has 0 aliphatic heterocycles. The molecular weight excluding hydrogens is 490 g/mol. The second-order valence-electron chi connectivity index (χ2n) is 9.66. The molecule has 1 atom stereocenters. The average molecular weight is 518 g/mol. The number of aromatic amines is 1. The number of carbonyl (C=O) groups excluding carboxylic acids is 3. The molecule has 12 nitrogen and oxygen atoms in total. The van der Waals surface area contributed by atoms with Crippen LogP contribution in [-0.2, 0) is 11.3 Å². The Morgan fingerprint density at radius 2 is 1.97 bits per heavy atom. The van der Waals surface area contributed by atoms with E-state index in [2.05, 4.69) is 37.9 Å². The number of aromatic nitrogens is 4. The molecule has 0 bridgehead atoms. The third-order valence-electron chi connectivity index (χ3n) is 6.79. The smallest absolute Gasteiger partial charge is 0.408 e. The SMILES string of the molecule is CNC(=O)C1=CCC(C)(CNC(=O)c2cc(C(=O)NCc3ccc4oc(=O)[nH]c4c3)nc3ccnn23)CC1. The predicted octanol–water partition coefficient (Wildman–Crippen LogP) is 1.69. The summed E-state index contributed by atoms with van der Waals surface area (Å²) in [5.74, 6) is -1.47. The summed E-state index contributed by atoms with van der Waals surface area (Å²) in [5, 5.41) is 12.6. The molecule has 3 heterocycles. The second-order valence-corrected chi connectivity index (χ2v) is 9.66. The van der Waals surface area contributed by atoms with Crippen molar-refractivity contribution in [2.75, 3.05) is 13.6 Å². The lowest BCUT2D eigenvalue weighted by Crippen LogP contribution is -2.38. The molecule has 1 aliphatic rings. The van der Waals surface area contributed by atoms with Gasteiger partial charge in [-0.2, -0.15) is 5.10 Å². The molecule has 0 radical (unpaired) electrons. The van der Waals surface area contributed by atoms with Gasteiger partial charge in [0, 0.05) is 37.8 Å². The number of allylic oxidation sites excluding steroid dienone is 1. The molecule has 0 saturated heterocycles. The topological polar surface area (TPSA) is 163 Å². The number of hydrogen-bond acceptors (Lipinski definition) is 7. The van der Waals surface area contributed by atoms with Crippen LogP contribution in [0.15, 0.2) is 57.4 Å². The number of hydrogen-bond donors (Lipinski definition) is 4. The molecule has 1 unspecified atom stereocenters. The van der Waals surface area contributed by atoms with Gasteiger partial charge in [0.2, 0.25) is 5.91 Å². The van der Waals surface area contributed by atoms with Gasteiger partial charge in [0.05, 0.1) is 11.7 Å². The van der Waals surface area contributed by atoms with Crippen LogP contribution in [0.1, 0.15) is 52.7 Å². The van der Waals surface area contributed by atoms with Gasteiger partial charge >= 0.3 is 5.76 Å². The summed E-state index contributed by atoms with van der Waals surface area (Å²) in [4.78, 5) is 56.3. The van der Waals surface area contributed by atoms with Crippen molar-refractivity contribution in [2.45, 2.75) is 32.7 Å². The number of amides is 3. The number of likely N-dealkylation sites (N-methyl/N-ethyl adjacent to an activating group) is 1. The third kappa shape index (κ3) is 5.05. The van der Waals surface area contributed by atoms with Crippen LogP contribution in [0.3, 0.4) is 0 Å². The molecule has 3 amide bonds. The van der Waals surface area contributed by atoms with Crippen LogP contribution in [0.5, 0.6) is 0 Å². The summed E-state index contributed by atoms with van der Waals surface area (Å²) in [6.45, 7) is 2.64. The van der Waals surface area contributed by atoms with E-state index in [1.165, 1.54) is 16.8 Å². The van der Waals surface area contributed by atoms with E-state index >= 15 is 0 Å².